The van der Waals surface area contributed by atoms with E-state index >= 15 is 0 Å². The Labute approximate surface area is 175 Å². The first kappa shape index (κ1) is 22.5. The first-order valence-electron chi connectivity index (χ1n) is 9.54. The fourth-order valence-corrected chi connectivity index (χ4v) is 4.53. The van der Waals surface area contributed by atoms with Crippen molar-refractivity contribution in [3.63, 3.8) is 0 Å². The smallest absolute Gasteiger partial charge is 0.261 e. The van der Waals surface area contributed by atoms with Crippen molar-refractivity contribution in [2.75, 3.05) is 30.3 Å². The van der Waals surface area contributed by atoms with Crippen LogP contribution in [0.3, 0.4) is 0 Å². The van der Waals surface area contributed by atoms with Gasteiger partial charge in [0.05, 0.1) is 4.90 Å². The molecule has 0 unspecified atom stereocenters. The number of nitrogens with one attached hydrogen (secondary N) is 2. The fraction of sp³-hybridized carbons (Fsp3) is 0.429. The summed E-state index contributed by atoms with van der Waals surface area (Å²) in [5.74, 6) is 0. The molecular weight excluding hydrogens is 394 g/mol. The first-order chi connectivity index (χ1) is 12.9. The van der Waals surface area contributed by atoms with E-state index in [1.165, 1.54) is 11.1 Å². The summed E-state index contributed by atoms with van der Waals surface area (Å²) in [6.07, 6.45) is 4.22. The number of fused-ring (bicyclic) bond motifs is 1. The van der Waals surface area contributed by atoms with Gasteiger partial charge in [-0.15, -0.1) is 12.4 Å². The third-order valence-electron chi connectivity index (χ3n) is 5.03. The van der Waals surface area contributed by atoms with Gasteiger partial charge in [0.2, 0.25) is 0 Å². The first-order valence-corrected chi connectivity index (χ1v) is 11.0. The van der Waals surface area contributed by atoms with E-state index in [-0.39, 0.29) is 17.3 Å². The highest BCUT2D eigenvalue weighted by Gasteiger charge is 2.20. The molecule has 0 radical (unpaired) electrons. The van der Waals surface area contributed by atoms with Crippen molar-refractivity contribution in [2.45, 2.75) is 43.5 Å². The van der Waals surface area contributed by atoms with Crippen LogP contribution >= 0.6 is 12.4 Å². The summed E-state index contributed by atoms with van der Waals surface area (Å²) in [7, 11) is 0.270. The molecule has 28 heavy (non-hydrogen) atoms. The minimum atomic E-state index is -3.59. The van der Waals surface area contributed by atoms with E-state index in [2.05, 4.69) is 23.0 Å². The topological polar surface area (TPSA) is 61.4 Å². The Morgan fingerprint density at radius 1 is 1.07 bits per heavy atom. The zero-order valence-electron chi connectivity index (χ0n) is 16.7. The van der Waals surface area contributed by atoms with Gasteiger partial charge >= 0.3 is 0 Å². The molecule has 5 nitrogen and oxygen atoms in total. The highest BCUT2D eigenvalue weighted by atomic mass is 35.5. The molecule has 0 saturated carbocycles. The normalized spacial score (nSPS) is 16.0. The maximum absolute atomic E-state index is 12.7. The van der Waals surface area contributed by atoms with E-state index in [0.717, 1.165) is 37.9 Å². The van der Waals surface area contributed by atoms with Gasteiger partial charge in [-0.2, -0.15) is 0 Å². The molecular formula is C21H30ClN3O2S. The van der Waals surface area contributed by atoms with Gasteiger partial charge in [-0.05, 0) is 79.8 Å². The van der Waals surface area contributed by atoms with Crippen LogP contribution in [0.2, 0.25) is 0 Å². The van der Waals surface area contributed by atoms with Gasteiger partial charge in [-0.25, -0.2) is 8.42 Å². The van der Waals surface area contributed by atoms with Crippen molar-refractivity contribution >= 4 is 33.8 Å². The molecule has 0 saturated heterocycles. The number of hydrogen-bond acceptors (Lipinski definition) is 4. The number of aryl methyl sites for hydroxylation is 1. The highest BCUT2D eigenvalue weighted by molar-refractivity contribution is 7.92. The summed E-state index contributed by atoms with van der Waals surface area (Å²) in [6.45, 7) is 3.22. The van der Waals surface area contributed by atoms with Crippen LogP contribution < -0.4 is 14.9 Å². The monoisotopic (exact) mass is 423 g/mol. The zero-order chi connectivity index (χ0) is 19.4. The number of benzene rings is 2. The molecule has 2 N–H and O–H groups in total. The fourth-order valence-electron chi connectivity index (χ4n) is 3.48. The van der Waals surface area contributed by atoms with Crippen LogP contribution in [0.5, 0.6) is 0 Å². The van der Waals surface area contributed by atoms with Crippen LogP contribution in [-0.4, -0.2) is 35.1 Å². The van der Waals surface area contributed by atoms with Gasteiger partial charge in [-0.3, -0.25) is 4.72 Å². The van der Waals surface area contributed by atoms with Gasteiger partial charge in [0.15, 0.2) is 0 Å². The molecule has 0 fully saturated rings. The van der Waals surface area contributed by atoms with Crippen molar-refractivity contribution in [3.8, 4) is 0 Å². The lowest BCUT2D eigenvalue weighted by atomic mass is 9.88. The molecule has 2 aromatic rings. The minimum absolute atomic E-state index is 0. The summed E-state index contributed by atoms with van der Waals surface area (Å²) in [5, 5.41) is 3.58. The standard InChI is InChI=1S/C21H29N3O2S.ClH/c1-4-13-22-18-7-5-17-15-19(8-6-16(17)14-18)23-27(25,26)21-11-9-20(10-12-21)24(2)3;/h6,8-12,15,18,22-23H,4-5,7,13-14H2,1-3H3;1H/t18-;/m0./s1. The van der Waals surface area contributed by atoms with Gasteiger partial charge in [0.25, 0.3) is 10.0 Å². The van der Waals surface area contributed by atoms with E-state index in [9.17, 15) is 8.42 Å². The molecule has 0 aliphatic heterocycles. The van der Waals surface area contributed by atoms with E-state index in [1.54, 1.807) is 12.1 Å². The van der Waals surface area contributed by atoms with Crippen molar-refractivity contribution in [3.05, 3.63) is 53.6 Å². The number of anilines is 2. The summed E-state index contributed by atoms with van der Waals surface area (Å²) < 4.78 is 28.1. The van der Waals surface area contributed by atoms with E-state index < -0.39 is 10.0 Å². The third kappa shape index (κ3) is 5.40. The predicted octanol–water partition coefficient (Wildman–Crippen LogP) is 3.83. The molecule has 1 aliphatic rings. The quantitative estimate of drug-likeness (QED) is 0.710. The molecule has 0 bridgehead atoms. The Bertz CT molecular complexity index is 883. The number of nitrogens with zero attached hydrogens (tertiary/aromatic N) is 1. The summed E-state index contributed by atoms with van der Waals surface area (Å²) in [4.78, 5) is 2.21. The van der Waals surface area contributed by atoms with Crippen molar-refractivity contribution in [2.24, 2.45) is 0 Å². The number of halogens is 1. The summed E-state index contributed by atoms with van der Waals surface area (Å²) in [6, 6.07) is 13.3. The summed E-state index contributed by atoms with van der Waals surface area (Å²) in [5.41, 5.74) is 4.15. The second-order valence-electron chi connectivity index (χ2n) is 7.37. The highest BCUT2D eigenvalue weighted by Crippen LogP contribution is 2.26. The molecule has 154 valence electrons. The van der Waals surface area contributed by atoms with Crippen LogP contribution in [0, 0.1) is 0 Å². The van der Waals surface area contributed by atoms with Crippen LogP contribution in [0.25, 0.3) is 0 Å². The molecule has 0 aromatic heterocycles. The molecule has 0 spiro atoms. The van der Waals surface area contributed by atoms with Crippen LogP contribution in [0.1, 0.15) is 30.9 Å². The minimum Gasteiger partial charge on any atom is -0.378 e. The van der Waals surface area contributed by atoms with Crippen LogP contribution in [0.4, 0.5) is 11.4 Å². The van der Waals surface area contributed by atoms with E-state index in [1.807, 2.05) is 43.3 Å². The molecule has 3 rings (SSSR count). The van der Waals surface area contributed by atoms with Gasteiger partial charge in [0.1, 0.15) is 0 Å². The van der Waals surface area contributed by atoms with Gasteiger partial charge < -0.3 is 10.2 Å². The Morgan fingerprint density at radius 3 is 2.43 bits per heavy atom. The average molecular weight is 424 g/mol. The average Bonchev–Trinajstić information content (AvgIpc) is 2.66. The van der Waals surface area contributed by atoms with Crippen molar-refractivity contribution < 1.29 is 8.42 Å². The van der Waals surface area contributed by atoms with Gasteiger partial charge in [0, 0.05) is 31.5 Å². The molecule has 0 heterocycles. The maximum atomic E-state index is 12.7. The lowest BCUT2D eigenvalue weighted by Crippen LogP contribution is -2.35. The Balaban J connectivity index is 0.00000280. The molecule has 0 amide bonds. The Morgan fingerprint density at radius 2 is 1.79 bits per heavy atom. The zero-order valence-corrected chi connectivity index (χ0v) is 18.4. The van der Waals surface area contributed by atoms with Crippen molar-refractivity contribution in [1.29, 1.82) is 0 Å². The molecule has 1 atom stereocenters. The molecule has 7 heteroatoms. The maximum Gasteiger partial charge on any atom is 0.261 e. The number of rotatable bonds is 7. The molecule has 2 aromatic carbocycles. The molecule has 1 aliphatic carbocycles. The lowest BCUT2D eigenvalue weighted by Gasteiger charge is -2.26. The third-order valence-corrected chi connectivity index (χ3v) is 6.43. The second kappa shape index (κ2) is 9.63. The number of sulfonamides is 1. The SMILES string of the molecule is CCCN[C@H]1CCc2cc(NS(=O)(=O)c3ccc(N(C)C)cc3)ccc2C1.Cl. The Kier molecular flexibility index (Phi) is 7.75. The van der Waals surface area contributed by atoms with Crippen molar-refractivity contribution in [1.82, 2.24) is 5.32 Å². The largest absolute Gasteiger partial charge is 0.378 e. The van der Waals surface area contributed by atoms with E-state index in [4.69, 9.17) is 0 Å². The van der Waals surface area contributed by atoms with Crippen LogP contribution in [0.15, 0.2) is 47.4 Å². The van der Waals surface area contributed by atoms with Gasteiger partial charge in [-0.1, -0.05) is 13.0 Å². The predicted molar refractivity (Wildman–Crippen MR) is 119 cm³/mol. The van der Waals surface area contributed by atoms with E-state index in [0.29, 0.717) is 11.7 Å². The van der Waals surface area contributed by atoms with Crippen LogP contribution in [-0.2, 0) is 22.9 Å². The lowest BCUT2D eigenvalue weighted by molar-refractivity contribution is 0.459. The summed E-state index contributed by atoms with van der Waals surface area (Å²) >= 11 is 0. The second-order valence-corrected chi connectivity index (χ2v) is 9.05. The Hall–Kier alpha value is -1.76. The number of hydrogen-bond donors (Lipinski definition) is 2.